The topological polar surface area (TPSA) is 50.8 Å². The largest absolute Gasteiger partial charge is 0.489 e. The molecule has 0 radical (unpaired) electrons. The minimum Gasteiger partial charge on any atom is -0.489 e. The summed E-state index contributed by atoms with van der Waals surface area (Å²) in [6.07, 6.45) is 2.25. The highest BCUT2D eigenvalue weighted by Crippen LogP contribution is 2.25. The maximum absolute atomic E-state index is 12.4. The van der Waals surface area contributed by atoms with Gasteiger partial charge in [-0.15, -0.1) is 0 Å². The first-order valence-corrected chi connectivity index (χ1v) is 8.62. The first-order chi connectivity index (χ1) is 12.2. The Bertz CT molecular complexity index is 684. The van der Waals surface area contributed by atoms with Crippen LogP contribution in [0.3, 0.4) is 0 Å². The molecule has 2 aromatic rings. The molecule has 1 saturated heterocycles. The molecular weight excluding hydrogens is 316 g/mol. The number of para-hydroxylation sites is 3. The number of likely N-dealkylation sites (N-methyl/N-ethyl adjacent to an activating group) is 1. The Morgan fingerprint density at radius 2 is 1.96 bits per heavy atom. The van der Waals surface area contributed by atoms with Gasteiger partial charge < -0.3 is 19.7 Å². The van der Waals surface area contributed by atoms with E-state index in [0.29, 0.717) is 18.0 Å². The standard InChI is InChI=1S/C20H24N2O3/c1-22(16-8-3-2-4-9-16)14-20(23)21-18-11-5-6-12-19(18)25-15-17-10-7-13-24-17/h2-6,8-9,11-12,17H,7,10,13-15H2,1H3,(H,21,23). The SMILES string of the molecule is CN(CC(=O)Nc1ccccc1OCC1CCCO1)c1ccccc1. The van der Waals surface area contributed by atoms with Crippen LogP contribution in [0.25, 0.3) is 0 Å². The van der Waals surface area contributed by atoms with Crippen LogP contribution >= 0.6 is 0 Å². The van der Waals surface area contributed by atoms with Gasteiger partial charge in [0.1, 0.15) is 12.4 Å². The maximum Gasteiger partial charge on any atom is 0.243 e. The normalized spacial score (nSPS) is 16.4. The van der Waals surface area contributed by atoms with Crippen molar-refractivity contribution in [1.29, 1.82) is 0 Å². The Morgan fingerprint density at radius 3 is 2.72 bits per heavy atom. The number of hydrogen-bond donors (Lipinski definition) is 1. The maximum atomic E-state index is 12.4. The summed E-state index contributed by atoms with van der Waals surface area (Å²) in [6.45, 7) is 1.58. The van der Waals surface area contributed by atoms with E-state index in [1.54, 1.807) is 0 Å². The Balaban J connectivity index is 1.57. The Hall–Kier alpha value is -2.53. The van der Waals surface area contributed by atoms with Gasteiger partial charge in [0.2, 0.25) is 5.91 Å². The molecule has 1 fully saturated rings. The predicted molar refractivity (Wildman–Crippen MR) is 99.3 cm³/mol. The van der Waals surface area contributed by atoms with E-state index in [0.717, 1.165) is 25.1 Å². The van der Waals surface area contributed by atoms with Crippen molar-refractivity contribution in [3.05, 3.63) is 54.6 Å². The van der Waals surface area contributed by atoms with E-state index < -0.39 is 0 Å². The van der Waals surface area contributed by atoms with Gasteiger partial charge in [-0.3, -0.25) is 4.79 Å². The van der Waals surface area contributed by atoms with Crippen molar-refractivity contribution in [3.63, 3.8) is 0 Å². The highest BCUT2D eigenvalue weighted by molar-refractivity contribution is 5.95. The summed E-state index contributed by atoms with van der Waals surface area (Å²) in [5, 5.41) is 2.94. The zero-order chi connectivity index (χ0) is 17.5. The van der Waals surface area contributed by atoms with Crippen LogP contribution in [0, 0.1) is 0 Å². The van der Waals surface area contributed by atoms with Crippen LogP contribution < -0.4 is 15.0 Å². The van der Waals surface area contributed by atoms with Gasteiger partial charge in [-0.1, -0.05) is 30.3 Å². The van der Waals surface area contributed by atoms with E-state index in [9.17, 15) is 4.79 Å². The Kier molecular flexibility index (Phi) is 5.90. The summed E-state index contributed by atoms with van der Waals surface area (Å²) >= 11 is 0. The third kappa shape index (κ3) is 4.97. The van der Waals surface area contributed by atoms with Gasteiger partial charge >= 0.3 is 0 Å². The number of anilines is 2. The first-order valence-electron chi connectivity index (χ1n) is 8.62. The zero-order valence-electron chi connectivity index (χ0n) is 14.5. The van der Waals surface area contributed by atoms with Gasteiger partial charge in [-0.2, -0.15) is 0 Å². The lowest BCUT2D eigenvalue weighted by atomic mass is 10.2. The van der Waals surface area contributed by atoms with Crippen LogP contribution in [0.2, 0.25) is 0 Å². The Morgan fingerprint density at radius 1 is 1.20 bits per heavy atom. The van der Waals surface area contributed by atoms with Gasteiger partial charge in [0.05, 0.1) is 18.3 Å². The van der Waals surface area contributed by atoms with E-state index in [1.807, 2.05) is 66.5 Å². The molecule has 1 unspecified atom stereocenters. The van der Waals surface area contributed by atoms with Crippen LogP contribution in [0.4, 0.5) is 11.4 Å². The van der Waals surface area contributed by atoms with Gasteiger partial charge in [-0.05, 0) is 37.1 Å². The molecule has 1 amide bonds. The summed E-state index contributed by atoms with van der Waals surface area (Å²) in [6, 6.07) is 17.3. The molecule has 1 N–H and O–H groups in total. The van der Waals surface area contributed by atoms with Gasteiger partial charge in [0.25, 0.3) is 0 Å². The number of carbonyl (C=O) groups is 1. The number of carbonyl (C=O) groups excluding carboxylic acids is 1. The van der Waals surface area contributed by atoms with Crippen LogP contribution in [0.1, 0.15) is 12.8 Å². The molecule has 0 saturated carbocycles. The monoisotopic (exact) mass is 340 g/mol. The summed E-state index contributed by atoms with van der Waals surface area (Å²) in [5.74, 6) is 0.591. The number of ether oxygens (including phenoxy) is 2. The molecule has 1 heterocycles. The van der Waals surface area contributed by atoms with Crippen molar-refractivity contribution in [1.82, 2.24) is 0 Å². The highest BCUT2D eigenvalue weighted by Gasteiger charge is 2.17. The predicted octanol–water partition coefficient (Wildman–Crippen LogP) is 3.32. The molecule has 0 aliphatic carbocycles. The summed E-state index contributed by atoms with van der Waals surface area (Å²) in [5.41, 5.74) is 1.69. The number of hydrogen-bond acceptors (Lipinski definition) is 4. The number of amides is 1. The van der Waals surface area contributed by atoms with Crippen LogP contribution in [-0.2, 0) is 9.53 Å². The molecule has 1 aliphatic rings. The van der Waals surface area contributed by atoms with E-state index in [-0.39, 0.29) is 18.6 Å². The third-order valence-corrected chi connectivity index (χ3v) is 4.19. The molecule has 0 aromatic heterocycles. The molecule has 1 aliphatic heterocycles. The molecule has 0 spiro atoms. The number of nitrogens with zero attached hydrogens (tertiary/aromatic N) is 1. The second-order valence-corrected chi connectivity index (χ2v) is 6.18. The fourth-order valence-electron chi connectivity index (χ4n) is 2.83. The molecule has 25 heavy (non-hydrogen) atoms. The number of nitrogens with one attached hydrogen (secondary N) is 1. The second-order valence-electron chi connectivity index (χ2n) is 6.18. The fourth-order valence-corrected chi connectivity index (χ4v) is 2.83. The lowest BCUT2D eigenvalue weighted by molar-refractivity contribution is -0.114. The molecule has 2 aromatic carbocycles. The average Bonchev–Trinajstić information content (AvgIpc) is 3.15. The van der Waals surface area contributed by atoms with E-state index in [1.165, 1.54) is 0 Å². The fraction of sp³-hybridized carbons (Fsp3) is 0.350. The lowest BCUT2D eigenvalue weighted by Crippen LogP contribution is -2.30. The number of benzene rings is 2. The summed E-state index contributed by atoms with van der Waals surface area (Å²) in [4.78, 5) is 14.3. The molecule has 132 valence electrons. The second kappa shape index (κ2) is 8.53. The molecular formula is C20H24N2O3. The minimum absolute atomic E-state index is 0.0838. The number of rotatable bonds is 7. The molecule has 5 heteroatoms. The highest BCUT2D eigenvalue weighted by atomic mass is 16.5. The van der Waals surface area contributed by atoms with Crippen molar-refractivity contribution in [2.24, 2.45) is 0 Å². The van der Waals surface area contributed by atoms with Gasteiger partial charge in [0, 0.05) is 19.3 Å². The minimum atomic E-state index is -0.0838. The van der Waals surface area contributed by atoms with E-state index >= 15 is 0 Å². The van der Waals surface area contributed by atoms with Crippen LogP contribution in [0.5, 0.6) is 5.75 Å². The smallest absolute Gasteiger partial charge is 0.243 e. The molecule has 5 nitrogen and oxygen atoms in total. The van der Waals surface area contributed by atoms with Crippen molar-refractivity contribution in [2.75, 3.05) is 37.0 Å². The van der Waals surface area contributed by atoms with Gasteiger partial charge in [-0.25, -0.2) is 0 Å². The van der Waals surface area contributed by atoms with Crippen molar-refractivity contribution in [2.45, 2.75) is 18.9 Å². The van der Waals surface area contributed by atoms with E-state index in [2.05, 4.69) is 5.32 Å². The van der Waals surface area contributed by atoms with Crippen molar-refractivity contribution >= 4 is 17.3 Å². The zero-order valence-corrected chi connectivity index (χ0v) is 14.5. The van der Waals surface area contributed by atoms with Crippen LogP contribution in [0.15, 0.2) is 54.6 Å². The van der Waals surface area contributed by atoms with Crippen molar-refractivity contribution < 1.29 is 14.3 Å². The van der Waals surface area contributed by atoms with Crippen molar-refractivity contribution in [3.8, 4) is 5.75 Å². The van der Waals surface area contributed by atoms with Crippen LogP contribution in [-0.4, -0.2) is 38.8 Å². The summed E-state index contributed by atoms with van der Waals surface area (Å²) in [7, 11) is 1.90. The summed E-state index contributed by atoms with van der Waals surface area (Å²) < 4.78 is 11.4. The average molecular weight is 340 g/mol. The molecule has 1 atom stereocenters. The third-order valence-electron chi connectivity index (χ3n) is 4.19. The quantitative estimate of drug-likeness (QED) is 0.840. The Labute approximate surface area is 148 Å². The van der Waals surface area contributed by atoms with E-state index in [4.69, 9.17) is 9.47 Å². The van der Waals surface area contributed by atoms with Gasteiger partial charge in [0.15, 0.2) is 0 Å². The molecule has 3 rings (SSSR count). The first kappa shape index (κ1) is 17.3. The lowest BCUT2D eigenvalue weighted by Gasteiger charge is -2.19. The molecule has 0 bridgehead atoms.